The highest BCUT2D eigenvalue weighted by Crippen LogP contribution is 2.28. The highest BCUT2D eigenvalue weighted by molar-refractivity contribution is 5.94. The van der Waals surface area contributed by atoms with Gasteiger partial charge in [0.05, 0.1) is 24.5 Å². The standard InChI is InChI=1S/C19H22N6O/c1-19(2)11-25(12-19)10-18(26)23-17-5-13-4-14(6-20-16(13)8-21-17)15-7-22-24(3)9-15/h4-9H,10-12H2,1-3H3,(H,21,23,26). The number of aromatic nitrogens is 4. The number of hydrogen-bond donors (Lipinski definition) is 1. The monoisotopic (exact) mass is 350 g/mol. The van der Waals surface area contributed by atoms with Crippen molar-refractivity contribution in [2.24, 2.45) is 12.5 Å². The van der Waals surface area contributed by atoms with E-state index < -0.39 is 0 Å². The second-order valence-electron chi connectivity index (χ2n) is 7.75. The van der Waals surface area contributed by atoms with E-state index in [4.69, 9.17) is 0 Å². The molecular weight excluding hydrogens is 328 g/mol. The number of nitrogens with zero attached hydrogens (tertiary/aromatic N) is 5. The molecule has 1 saturated heterocycles. The van der Waals surface area contributed by atoms with Crippen molar-refractivity contribution in [3.8, 4) is 11.1 Å². The largest absolute Gasteiger partial charge is 0.310 e. The van der Waals surface area contributed by atoms with Crippen LogP contribution in [0.2, 0.25) is 0 Å². The highest BCUT2D eigenvalue weighted by atomic mass is 16.2. The second kappa shape index (κ2) is 6.17. The fourth-order valence-electron chi connectivity index (χ4n) is 3.49. The van der Waals surface area contributed by atoms with Gasteiger partial charge in [-0.25, -0.2) is 4.98 Å². The number of carbonyl (C=O) groups is 1. The molecule has 4 heterocycles. The van der Waals surface area contributed by atoms with Crippen LogP contribution in [0.4, 0.5) is 5.82 Å². The van der Waals surface area contributed by atoms with Gasteiger partial charge in [0, 0.05) is 49.0 Å². The Kier molecular flexibility index (Phi) is 3.96. The first-order valence-electron chi connectivity index (χ1n) is 8.65. The molecule has 0 spiro atoms. The van der Waals surface area contributed by atoms with Crippen molar-refractivity contribution < 1.29 is 4.79 Å². The van der Waals surface area contributed by atoms with Crippen LogP contribution < -0.4 is 5.32 Å². The van der Waals surface area contributed by atoms with Crippen molar-refractivity contribution >= 4 is 22.6 Å². The molecule has 3 aromatic rings. The molecule has 0 unspecified atom stereocenters. The fraction of sp³-hybridized carbons (Fsp3) is 0.368. The minimum absolute atomic E-state index is 0.0382. The molecular formula is C19H22N6O. The molecule has 1 amide bonds. The summed E-state index contributed by atoms with van der Waals surface area (Å²) < 4.78 is 1.76. The predicted molar refractivity (Wildman–Crippen MR) is 101 cm³/mol. The molecule has 1 aliphatic heterocycles. The minimum Gasteiger partial charge on any atom is -0.310 e. The number of hydrogen-bond acceptors (Lipinski definition) is 5. The molecule has 134 valence electrons. The van der Waals surface area contributed by atoms with Gasteiger partial charge in [-0.2, -0.15) is 5.10 Å². The molecule has 1 fully saturated rings. The molecule has 26 heavy (non-hydrogen) atoms. The maximum Gasteiger partial charge on any atom is 0.239 e. The molecule has 3 aromatic heterocycles. The average Bonchev–Trinajstić information content (AvgIpc) is 2.99. The lowest BCUT2D eigenvalue weighted by atomic mass is 9.84. The van der Waals surface area contributed by atoms with Gasteiger partial charge in [-0.1, -0.05) is 13.8 Å². The van der Waals surface area contributed by atoms with Gasteiger partial charge in [0.25, 0.3) is 0 Å². The molecule has 7 heteroatoms. The number of likely N-dealkylation sites (tertiary alicyclic amines) is 1. The Bertz CT molecular complexity index is 969. The molecule has 0 atom stereocenters. The van der Waals surface area contributed by atoms with Crippen molar-refractivity contribution in [2.45, 2.75) is 13.8 Å². The van der Waals surface area contributed by atoms with E-state index in [1.807, 2.05) is 31.6 Å². The molecule has 0 saturated carbocycles. The first kappa shape index (κ1) is 16.7. The van der Waals surface area contributed by atoms with Gasteiger partial charge in [-0.3, -0.25) is 19.4 Å². The summed E-state index contributed by atoms with van der Waals surface area (Å²) in [7, 11) is 1.88. The summed E-state index contributed by atoms with van der Waals surface area (Å²) in [6.07, 6.45) is 7.25. The zero-order valence-electron chi connectivity index (χ0n) is 15.2. The normalized spacial score (nSPS) is 16.4. The molecule has 0 aromatic carbocycles. The lowest BCUT2D eigenvalue weighted by Crippen LogP contribution is -2.54. The highest BCUT2D eigenvalue weighted by Gasteiger charge is 2.34. The Balaban J connectivity index is 1.50. The summed E-state index contributed by atoms with van der Waals surface area (Å²) in [5.41, 5.74) is 3.09. The third-order valence-electron chi connectivity index (χ3n) is 4.54. The van der Waals surface area contributed by atoms with Crippen molar-refractivity contribution in [3.05, 3.63) is 36.9 Å². The SMILES string of the molecule is Cn1cc(-c2cnc3cnc(NC(=O)CN4CC(C)(C)C4)cc3c2)cn1. The van der Waals surface area contributed by atoms with Crippen LogP contribution in [0.1, 0.15) is 13.8 Å². The minimum atomic E-state index is -0.0382. The predicted octanol–water partition coefficient (Wildman–Crippen LogP) is 2.31. The van der Waals surface area contributed by atoms with Crippen LogP contribution in [0.15, 0.2) is 36.9 Å². The van der Waals surface area contributed by atoms with Crippen LogP contribution >= 0.6 is 0 Å². The third kappa shape index (κ3) is 3.43. The fourth-order valence-corrected chi connectivity index (χ4v) is 3.49. The van der Waals surface area contributed by atoms with E-state index in [-0.39, 0.29) is 5.91 Å². The van der Waals surface area contributed by atoms with E-state index in [1.54, 1.807) is 17.1 Å². The van der Waals surface area contributed by atoms with Crippen molar-refractivity contribution in [1.82, 2.24) is 24.6 Å². The molecule has 7 nitrogen and oxygen atoms in total. The Morgan fingerprint density at radius 3 is 2.65 bits per heavy atom. The van der Waals surface area contributed by atoms with Gasteiger partial charge in [0.2, 0.25) is 5.91 Å². The maximum absolute atomic E-state index is 12.2. The quantitative estimate of drug-likeness (QED) is 0.781. The van der Waals surface area contributed by atoms with Crippen molar-refractivity contribution in [1.29, 1.82) is 0 Å². The first-order valence-corrected chi connectivity index (χ1v) is 8.65. The topological polar surface area (TPSA) is 75.9 Å². The van der Waals surface area contributed by atoms with Gasteiger partial charge >= 0.3 is 0 Å². The van der Waals surface area contributed by atoms with Crippen molar-refractivity contribution in [2.75, 3.05) is 25.0 Å². The number of pyridine rings is 2. The van der Waals surface area contributed by atoms with Crippen LogP contribution in [-0.4, -0.2) is 50.2 Å². The molecule has 0 radical (unpaired) electrons. The van der Waals surface area contributed by atoms with E-state index in [0.717, 1.165) is 35.1 Å². The number of carbonyl (C=O) groups excluding carboxylic acids is 1. The zero-order chi connectivity index (χ0) is 18.3. The van der Waals surface area contributed by atoms with Gasteiger partial charge < -0.3 is 5.32 Å². The molecule has 0 aliphatic carbocycles. The number of fused-ring (bicyclic) bond motifs is 1. The number of rotatable bonds is 4. The third-order valence-corrected chi connectivity index (χ3v) is 4.54. The number of amides is 1. The zero-order valence-corrected chi connectivity index (χ0v) is 15.2. The molecule has 1 N–H and O–H groups in total. The summed E-state index contributed by atoms with van der Waals surface area (Å²) >= 11 is 0. The molecule has 0 bridgehead atoms. The van der Waals surface area contributed by atoms with Gasteiger partial charge in [-0.15, -0.1) is 0 Å². The van der Waals surface area contributed by atoms with Crippen LogP contribution in [0.25, 0.3) is 22.0 Å². The van der Waals surface area contributed by atoms with E-state index in [1.165, 1.54) is 0 Å². The molecule has 1 aliphatic rings. The van der Waals surface area contributed by atoms with E-state index >= 15 is 0 Å². The number of nitrogens with one attached hydrogen (secondary N) is 1. The van der Waals surface area contributed by atoms with Crippen LogP contribution in [0.3, 0.4) is 0 Å². The van der Waals surface area contributed by atoms with Crippen LogP contribution in [0, 0.1) is 5.41 Å². The van der Waals surface area contributed by atoms with Gasteiger partial charge in [-0.05, 0) is 17.5 Å². The lowest BCUT2D eigenvalue weighted by molar-refractivity contribution is -0.120. The summed E-state index contributed by atoms with van der Waals surface area (Å²) in [6, 6.07) is 3.90. The first-order chi connectivity index (χ1) is 12.4. The van der Waals surface area contributed by atoms with E-state index in [2.05, 4.69) is 39.1 Å². The Hall–Kier alpha value is -2.80. The Morgan fingerprint density at radius 2 is 1.96 bits per heavy atom. The summed E-state index contributed by atoms with van der Waals surface area (Å²) in [6.45, 7) is 6.71. The second-order valence-corrected chi connectivity index (χ2v) is 7.75. The van der Waals surface area contributed by atoms with Gasteiger partial charge in [0.15, 0.2) is 0 Å². The Morgan fingerprint density at radius 1 is 1.15 bits per heavy atom. The summed E-state index contributed by atoms with van der Waals surface area (Å²) in [4.78, 5) is 23.1. The van der Waals surface area contributed by atoms with E-state index in [9.17, 15) is 4.79 Å². The van der Waals surface area contributed by atoms with Crippen LogP contribution in [-0.2, 0) is 11.8 Å². The summed E-state index contributed by atoms with van der Waals surface area (Å²) in [5.74, 6) is 0.510. The maximum atomic E-state index is 12.2. The average molecular weight is 350 g/mol. The van der Waals surface area contributed by atoms with Crippen molar-refractivity contribution in [3.63, 3.8) is 0 Å². The van der Waals surface area contributed by atoms with E-state index in [0.29, 0.717) is 17.8 Å². The van der Waals surface area contributed by atoms with Gasteiger partial charge in [0.1, 0.15) is 5.82 Å². The number of aryl methyl sites for hydroxylation is 1. The smallest absolute Gasteiger partial charge is 0.239 e. The summed E-state index contributed by atoms with van der Waals surface area (Å²) in [5, 5.41) is 8.02. The Labute approximate surface area is 152 Å². The molecule has 4 rings (SSSR count). The van der Waals surface area contributed by atoms with Crippen LogP contribution in [0.5, 0.6) is 0 Å². The number of anilines is 1. The lowest BCUT2D eigenvalue weighted by Gasteiger charge is -2.45.